The summed E-state index contributed by atoms with van der Waals surface area (Å²) in [6.07, 6.45) is 2.89. The van der Waals surface area contributed by atoms with Crippen LogP contribution in [0, 0.1) is 25.7 Å². The molecule has 0 saturated heterocycles. The predicted octanol–water partition coefficient (Wildman–Crippen LogP) is 3.64. The van der Waals surface area contributed by atoms with Gasteiger partial charge in [0.25, 0.3) is 0 Å². The average Bonchev–Trinajstić information content (AvgIpc) is 3.14. The molecule has 1 N–H and O–H groups in total. The lowest BCUT2D eigenvalue weighted by atomic mass is 9.92. The highest BCUT2D eigenvalue weighted by Crippen LogP contribution is 2.61. The molecule has 21 heavy (non-hydrogen) atoms. The Morgan fingerprint density at radius 1 is 1.33 bits per heavy atom. The van der Waals surface area contributed by atoms with E-state index < -0.39 is 0 Å². The van der Waals surface area contributed by atoms with Gasteiger partial charge in [0.1, 0.15) is 0 Å². The van der Waals surface area contributed by atoms with E-state index in [1.807, 2.05) is 0 Å². The Hall–Kier alpha value is -1.19. The van der Waals surface area contributed by atoms with E-state index >= 15 is 0 Å². The summed E-state index contributed by atoms with van der Waals surface area (Å²) in [6.45, 7) is 4.16. The average molecular weight is 299 g/mol. The number of hydrogen-bond donors (Lipinski definition) is 1. The molecule has 0 radical (unpaired) electrons. The summed E-state index contributed by atoms with van der Waals surface area (Å²) in [7, 11) is 0. The van der Waals surface area contributed by atoms with Gasteiger partial charge in [0.05, 0.1) is 16.8 Å². The first-order chi connectivity index (χ1) is 10.1. The van der Waals surface area contributed by atoms with E-state index in [0.717, 1.165) is 17.1 Å². The molecule has 1 fully saturated rings. The van der Waals surface area contributed by atoms with Crippen molar-refractivity contribution < 1.29 is 5.11 Å². The summed E-state index contributed by atoms with van der Waals surface area (Å²) in [5, 5.41) is 11.8. The largest absolute Gasteiger partial charge is 0.392 e. The standard InChI is InChI=1S/C18H21NOS/c1-10-11(2)21-16(19-10)9-15(20)18-14-8-7-12-5-3-4-6-13(12)17(14)18/h3-6,14-15,17-18,20H,7-9H2,1-2H3. The molecular formula is C18H21NOS. The summed E-state index contributed by atoms with van der Waals surface area (Å²) in [4.78, 5) is 5.85. The number of aromatic nitrogens is 1. The third-order valence-electron chi connectivity index (χ3n) is 5.29. The second kappa shape index (κ2) is 4.92. The summed E-state index contributed by atoms with van der Waals surface area (Å²) in [5.41, 5.74) is 4.10. The predicted molar refractivity (Wildman–Crippen MR) is 85.8 cm³/mol. The molecule has 4 unspecified atom stereocenters. The lowest BCUT2D eigenvalue weighted by molar-refractivity contribution is 0.143. The minimum Gasteiger partial charge on any atom is -0.392 e. The van der Waals surface area contributed by atoms with Crippen molar-refractivity contribution in [1.29, 1.82) is 0 Å². The van der Waals surface area contributed by atoms with Crippen LogP contribution in [-0.2, 0) is 12.8 Å². The van der Waals surface area contributed by atoms with Gasteiger partial charge in [0.2, 0.25) is 0 Å². The van der Waals surface area contributed by atoms with Crippen molar-refractivity contribution in [1.82, 2.24) is 4.98 Å². The Kier molecular flexibility index (Phi) is 3.16. The van der Waals surface area contributed by atoms with Crippen molar-refractivity contribution in [3.63, 3.8) is 0 Å². The normalized spacial score (nSPS) is 27.9. The number of fused-ring (bicyclic) bond motifs is 3. The van der Waals surface area contributed by atoms with Crippen LogP contribution in [0.1, 0.15) is 39.0 Å². The monoisotopic (exact) mass is 299 g/mol. The Morgan fingerprint density at radius 3 is 2.90 bits per heavy atom. The van der Waals surface area contributed by atoms with Crippen LogP contribution in [0.5, 0.6) is 0 Å². The van der Waals surface area contributed by atoms with Crippen LogP contribution >= 0.6 is 11.3 Å². The number of rotatable bonds is 3. The summed E-state index contributed by atoms with van der Waals surface area (Å²) in [5.74, 6) is 1.72. The summed E-state index contributed by atoms with van der Waals surface area (Å²) < 4.78 is 0. The minimum absolute atomic E-state index is 0.240. The van der Waals surface area contributed by atoms with E-state index in [1.165, 1.54) is 28.8 Å². The van der Waals surface area contributed by atoms with Gasteiger partial charge in [-0.05, 0) is 55.6 Å². The molecule has 0 amide bonds. The SMILES string of the molecule is Cc1nc(CC(O)C2C3CCc4ccccc4C32)sc1C. The van der Waals surface area contributed by atoms with Gasteiger partial charge in [0.15, 0.2) is 0 Å². The van der Waals surface area contributed by atoms with E-state index in [9.17, 15) is 5.11 Å². The fraction of sp³-hybridized carbons (Fsp3) is 0.500. The van der Waals surface area contributed by atoms with E-state index in [1.54, 1.807) is 11.3 Å². The molecular weight excluding hydrogens is 278 g/mol. The number of benzene rings is 1. The van der Waals surface area contributed by atoms with Crippen LogP contribution in [0.4, 0.5) is 0 Å². The van der Waals surface area contributed by atoms with Gasteiger partial charge in [-0.3, -0.25) is 0 Å². The highest BCUT2D eigenvalue weighted by atomic mass is 32.1. The van der Waals surface area contributed by atoms with Gasteiger partial charge < -0.3 is 5.11 Å². The highest BCUT2D eigenvalue weighted by molar-refractivity contribution is 7.11. The molecule has 1 saturated carbocycles. The first kappa shape index (κ1) is 13.5. The second-order valence-corrected chi connectivity index (χ2v) is 7.81. The first-order valence-corrected chi connectivity index (χ1v) is 8.65. The summed E-state index contributed by atoms with van der Waals surface area (Å²) >= 11 is 1.74. The van der Waals surface area contributed by atoms with E-state index in [-0.39, 0.29) is 6.10 Å². The molecule has 1 aromatic heterocycles. The summed E-state index contributed by atoms with van der Waals surface area (Å²) in [6, 6.07) is 8.78. The number of aliphatic hydroxyl groups excluding tert-OH is 1. The molecule has 2 aliphatic rings. The quantitative estimate of drug-likeness (QED) is 0.938. The number of hydrogen-bond acceptors (Lipinski definition) is 3. The number of nitrogens with zero attached hydrogens (tertiary/aromatic N) is 1. The van der Waals surface area contributed by atoms with Crippen LogP contribution < -0.4 is 0 Å². The van der Waals surface area contributed by atoms with Crippen molar-refractivity contribution in [3.8, 4) is 0 Å². The molecule has 4 atom stereocenters. The third kappa shape index (κ3) is 2.23. The number of thiazole rings is 1. The van der Waals surface area contributed by atoms with Crippen LogP contribution in [0.15, 0.2) is 24.3 Å². The fourth-order valence-electron chi connectivity index (χ4n) is 4.09. The molecule has 3 heteroatoms. The topological polar surface area (TPSA) is 33.1 Å². The third-order valence-corrected chi connectivity index (χ3v) is 6.39. The van der Waals surface area contributed by atoms with Crippen LogP contribution in [0.2, 0.25) is 0 Å². The maximum absolute atomic E-state index is 10.7. The van der Waals surface area contributed by atoms with E-state index in [4.69, 9.17) is 0 Å². The van der Waals surface area contributed by atoms with E-state index in [0.29, 0.717) is 17.8 Å². The molecule has 2 aliphatic carbocycles. The van der Waals surface area contributed by atoms with Gasteiger partial charge in [0, 0.05) is 11.3 Å². The van der Waals surface area contributed by atoms with Crippen molar-refractivity contribution >= 4 is 11.3 Å². The van der Waals surface area contributed by atoms with Crippen LogP contribution in [0.25, 0.3) is 0 Å². The molecule has 0 spiro atoms. The maximum Gasteiger partial charge on any atom is 0.0956 e. The Morgan fingerprint density at radius 2 is 2.14 bits per heavy atom. The molecule has 0 bridgehead atoms. The highest BCUT2D eigenvalue weighted by Gasteiger charge is 2.56. The smallest absolute Gasteiger partial charge is 0.0956 e. The van der Waals surface area contributed by atoms with Gasteiger partial charge in [-0.15, -0.1) is 11.3 Å². The van der Waals surface area contributed by atoms with Crippen molar-refractivity contribution in [2.45, 2.75) is 45.1 Å². The number of aliphatic hydroxyl groups is 1. The maximum atomic E-state index is 10.7. The minimum atomic E-state index is -0.240. The van der Waals surface area contributed by atoms with Crippen molar-refractivity contribution in [2.24, 2.45) is 11.8 Å². The van der Waals surface area contributed by atoms with Crippen LogP contribution in [-0.4, -0.2) is 16.2 Å². The molecule has 1 heterocycles. The zero-order valence-corrected chi connectivity index (χ0v) is 13.4. The van der Waals surface area contributed by atoms with E-state index in [2.05, 4.69) is 43.1 Å². The molecule has 2 nitrogen and oxygen atoms in total. The number of aryl methyl sites for hydroxylation is 3. The Bertz CT molecular complexity index is 658. The Labute approximate surface area is 129 Å². The van der Waals surface area contributed by atoms with Gasteiger partial charge in [-0.2, -0.15) is 0 Å². The lowest BCUT2D eigenvalue weighted by Crippen LogP contribution is -2.14. The lowest BCUT2D eigenvalue weighted by Gasteiger charge is -2.13. The van der Waals surface area contributed by atoms with Gasteiger partial charge in [-0.25, -0.2) is 4.98 Å². The second-order valence-electron chi connectivity index (χ2n) is 6.53. The molecule has 110 valence electrons. The Balaban J connectivity index is 1.51. The van der Waals surface area contributed by atoms with Crippen molar-refractivity contribution in [2.75, 3.05) is 0 Å². The molecule has 4 rings (SSSR count). The molecule has 2 aromatic rings. The fourth-order valence-corrected chi connectivity index (χ4v) is 5.07. The zero-order valence-electron chi connectivity index (χ0n) is 12.5. The zero-order chi connectivity index (χ0) is 14.6. The van der Waals surface area contributed by atoms with Crippen LogP contribution in [0.3, 0.4) is 0 Å². The van der Waals surface area contributed by atoms with Gasteiger partial charge in [-0.1, -0.05) is 24.3 Å². The van der Waals surface area contributed by atoms with Crippen molar-refractivity contribution in [3.05, 3.63) is 51.0 Å². The van der Waals surface area contributed by atoms with Gasteiger partial charge >= 0.3 is 0 Å². The molecule has 0 aliphatic heterocycles. The molecule has 1 aromatic carbocycles. The first-order valence-electron chi connectivity index (χ1n) is 7.84.